The van der Waals surface area contributed by atoms with Gasteiger partial charge in [0.25, 0.3) is 5.91 Å². The number of hydrogen-bond donors (Lipinski definition) is 2. The maximum absolute atomic E-state index is 11.6. The number of thiophene rings is 1. The van der Waals surface area contributed by atoms with Crippen LogP contribution in [0.5, 0.6) is 0 Å². The lowest BCUT2D eigenvalue weighted by molar-refractivity contribution is -0.118. The van der Waals surface area contributed by atoms with Gasteiger partial charge >= 0.3 is 0 Å². The molecule has 0 aliphatic heterocycles. The second kappa shape index (κ2) is 6.36. The molecule has 0 radical (unpaired) electrons. The van der Waals surface area contributed by atoms with E-state index in [2.05, 4.69) is 42.5 Å². The fourth-order valence-corrected chi connectivity index (χ4v) is 2.91. The highest BCUT2D eigenvalue weighted by atomic mass is 79.9. The van der Waals surface area contributed by atoms with Crippen molar-refractivity contribution in [3.63, 3.8) is 0 Å². The third kappa shape index (κ3) is 4.23. The third-order valence-corrected chi connectivity index (χ3v) is 4.91. The molecular weight excluding hydrogens is 360 g/mol. The van der Waals surface area contributed by atoms with E-state index >= 15 is 0 Å². The molecule has 1 aromatic heterocycles. The van der Waals surface area contributed by atoms with Gasteiger partial charge in [0.05, 0.1) is 8.66 Å². The highest BCUT2D eigenvalue weighted by Crippen LogP contribution is 2.32. The van der Waals surface area contributed by atoms with Crippen molar-refractivity contribution >= 4 is 55.0 Å². The quantitative estimate of drug-likeness (QED) is 0.799. The molecule has 2 N–H and O–H groups in total. The standard InChI is InChI=1S/C9H10Br2N2O2S/c1-5(14)12-2-3-13-9(15)7-4-6(10)8(11)16-7/h4H,2-3H2,1H3,(H,12,14)(H,13,15). The minimum atomic E-state index is -0.137. The van der Waals surface area contributed by atoms with Gasteiger partial charge in [-0.05, 0) is 37.9 Å². The van der Waals surface area contributed by atoms with Crippen molar-refractivity contribution in [3.05, 3.63) is 19.2 Å². The van der Waals surface area contributed by atoms with Gasteiger partial charge in [-0.1, -0.05) is 0 Å². The van der Waals surface area contributed by atoms with Crippen LogP contribution in [0.15, 0.2) is 14.3 Å². The van der Waals surface area contributed by atoms with Gasteiger partial charge in [0.1, 0.15) is 0 Å². The van der Waals surface area contributed by atoms with Crippen molar-refractivity contribution < 1.29 is 9.59 Å². The Morgan fingerprint density at radius 2 is 1.94 bits per heavy atom. The van der Waals surface area contributed by atoms with E-state index in [1.165, 1.54) is 18.3 Å². The van der Waals surface area contributed by atoms with E-state index in [0.29, 0.717) is 18.0 Å². The second-order valence-corrected chi connectivity index (χ2v) is 6.20. The number of rotatable bonds is 4. The van der Waals surface area contributed by atoms with E-state index in [4.69, 9.17) is 0 Å². The molecule has 1 heterocycles. The van der Waals surface area contributed by atoms with Gasteiger partial charge in [-0.15, -0.1) is 11.3 Å². The topological polar surface area (TPSA) is 58.2 Å². The maximum atomic E-state index is 11.6. The average molecular weight is 370 g/mol. The van der Waals surface area contributed by atoms with Gasteiger partial charge in [0.15, 0.2) is 0 Å². The third-order valence-electron chi connectivity index (χ3n) is 1.65. The summed E-state index contributed by atoms with van der Waals surface area (Å²) in [6.45, 7) is 2.30. The van der Waals surface area contributed by atoms with Crippen molar-refractivity contribution in [1.29, 1.82) is 0 Å². The maximum Gasteiger partial charge on any atom is 0.261 e. The fraction of sp³-hybridized carbons (Fsp3) is 0.333. The Morgan fingerprint density at radius 1 is 1.31 bits per heavy atom. The number of hydrogen-bond acceptors (Lipinski definition) is 3. The first-order chi connectivity index (χ1) is 7.50. The summed E-state index contributed by atoms with van der Waals surface area (Å²) in [4.78, 5) is 22.8. The van der Waals surface area contributed by atoms with Gasteiger partial charge in [-0.3, -0.25) is 9.59 Å². The smallest absolute Gasteiger partial charge is 0.261 e. The summed E-state index contributed by atoms with van der Waals surface area (Å²) >= 11 is 7.99. The molecule has 7 heteroatoms. The fourth-order valence-electron chi connectivity index (χ4n) is 0.960. The summed E-state index contributed by atoms with van der Waals surface area (Å²) in [6, 6.07) is 1.75. The summed E-state index contributed by atoms with van der Waals surface area (Å²) in [5.41, 5.74) is 0. The summed E-state index contributed by atoms with van der Waals surface area (Å²) in [5, 5.41) is 5.31. The molecule has 0 saturated carbocycles. The molecule has 0 unspecified atom stereocenters. The van der Waals surface area contributed by atoms with E-state index in [-0.39, 0.29) is 11.8 Å². The Balaban J connectivity index is 2.38. The number of amides is 2. The molecule has 2 amide bonds. The first-order valence-corrected chi connectivity index (χ1v) is 6.88. The summed E-state index contributed by atoms with van der Waals surface area (Å²) < 4.78 is 1.75. The molecule has 88 valence electrons. The van der Waals surface area contributed by atoms with Gasteiger partial charge in [-0.2, -0.15) is 0 Å². The Morgan fingerprint density at radius 3 is 2.44 bits per heavy atom. The lowest BCUT2D eigenvalue weighted by atomic mass is 10.4. The first-order valence-electron chi connectivity index (χ1n) is 4.48. The van der Waals surface area contributed by atoms with Crippen LogP contribution in [0.4, 0.5) is 0 Å². The largest absolute Gasteiger partial charge is 0.355 e. The number of carbonyl (C=O) groups is 2. The van der Waals surface area contributed by atoms with Crippen LogP contribution in [0.25, 0.3) is 0 Å². The lowest BCUT2D eigenvalue weighted by Crippen LogP contribution is -2.33. The van der Waals surface area contributed by atoms with Gasteiger partial charge in [-0.25, -0.2) is 0 Å². The van der Waals surface area contributed by atoms with Crippen molar-refractivity contribution in [1.82, 2.24) is 10.6 Å². The predicted molar refractivity (Wildman–Crippen MR) is 70.7 cm³/mol. The Kier molecular flexibility index (Phi) is 5.43. The minimum Gasteiger partial charge on any atom is -0.355 e. The highest BCUT2D eigenvalue weighted by Gasteiger charge is 2.11. The highest BCUT2D eigenvalue weighted by molar-refractivity contribution is 9.13. The monoisotopic (exact) mass is 368 g/mol. The molecule has 0 saturated heterocycles. The summed E-state index contributed by atoms with van der Waals surface area (Å²) in [5.74, 6) is -0.238. The molecule has 0 bridgehead atoms. The van der Waals surface area contributed by atoms with Crippen LogP contribution in [0.2, 0.25) is 0 Å². The van der Waals surface area contributed by atoms with E-state index in [1.807, 2.05) is 0 Å². The average Bonchev–Trinajstić information content (AvgIpc) is 2.54. The number of carbonyl (C=O) groups excluding carboxylic acids is 2. The van der Waals surface area contributed by atoms with Crippen molar-refractivity contribution in [3.8, 4) is 0 Å². The van der Waals surface area contributed by atoms with Crippen molar-refractivity contribution in [2.45, 2.75) is 6.92 Å². The predicted octanol–water partition coefficient (Wildman–Crippen LogP) is 2.14. The molecule has 1 rings (SSSR count). The van der Waals surface area contributed by atoms with Crippen LogP contribution in [-0.4, -0.2) is 24.9 Å². The zero-order valence-electron chi connectivity index (χ0n) is 8.47. The summed E-state index contributed by atoms with van der Waals surface area (Å²) in [6.07, 6.45) is 0. The molecule has 0 aromatic carbocycles. The number of nitrogens with one attached hydrogen (secondary N) is 2. The second-order valence-electron chi connectivity index (χ2n) is 2.97. The van der Waals surface area contributed by atoms with Crippen LogP contribution in [0.1, 0.15) is 16.6 Å². The van der Waals surface area contributed by atoms with Crippen LogP contribution < -0.4 is 10.6 Å². The number of halogens is 2. The Hall–Kier alpha value is -0.400. The molecule has 4 nitrogen and oxygen atoms in total. The van der Waals surface area contributed by atoms with Crippen molar-refractivity contribution in [2.24, 2.45) is 0 Å². The normalized spacial score (nSPS) is 9.94. The Labute approximate surface area is 114 Å². The van der Waals surface area contributed by atoms with E-state index in [1.54, 1.807) is 6.07 Å². The van der Waals surface area contributed by atoms with Crippen LogP contribution >= 0.6 is 43.2 Å². The van der Waals surface area contributed by atoms with E-state index in [0.717, 1.165) is 8.26 Å². The summed E-state index contributed by atoms with van der Waals surface area (Å²) in [7, 11) is 0. The molecule has 0 spiro atoms. The minimum absolute atomic E-state index is 0.101. The lowest BCUT2D eigenvalue weighted by Gasteiger charge is -2.03. The van der Waals surface area contributed by atoms with Gasteiger partial charge in [0, 0.05) is 24.5 Å². The molecule has 1 aromatic rings. The first kappa shape index (κ1) is 13.7. The van der Waals surface area contributed by atoms with Crippen LogP contribution in [0, 0.1) is 0 Å². The Bertz CT molecular complexity index is 387. The molecule has 0 atom stereocenters. The zero-order valence-corrected chi connectivity index (χ0v) is 12.5. The van der Waals surface area contributed by atoms with Gasteiger partial charge < -0.3 is 10.6 Å². The SMILES string of the molecule is CC(=O)NCCNC(=O)c1cc(Br)c(Br)s1. The van der Waals surface area contributed by atoms with Crippen molar-refractivity contribution in [2.75, 3.05) is 13.1 Å². The molecule has 0 fully saturated rings. The zero-order chi connectivity index (χ0) is 12.1. The molecule has 0 aliphatic rings. The van der Waals surface area contributed by atoms with E-state index < -0.39 is 0 Å². The van der Waals surface area contributed by atoms with Gasteiger partial charge in [0.2, 0.25) is 5.91 Å². The van der Waals surface area contributed by atoms with Crippen LogP contribution in [0.3, 0.4) is 0 Å². The molecule has 16 heavy (non-hydrogen) atoms. The van der Waals surface area contributed by atoms with E-state index in [9.17, 15) is 9.59 Å². The molecule has 0 aliphatic carbocycles. The van der Waals surface area contributed by atoms with Crippen LogP contribution in [-0.2, 0) is 4.79 Å². The molecular formula is C9H10Br2N2O2S.